The number of piperazine rings is 1. The lowest BCUT2D eigenvalue weighted by atomic mass is 10.2. The van der Waals surface area contributed by atoms with Gasteiger partial charge in [-0.3, -0.25) is 9.48 Å². The molecule has 5 rings (SSSR count). The van der Waals surface area contributed by atoms with Gasteiger partial charge >= 0.3 is 6.18 Å². The number of carbonyl (C=O) groups is 1. The SMILES string of the molecule is Cc1ccnn1CC(=O)N1CCN(c2sc(C(F)(F)F)nc2-c2nc3ccccc3[nH]2)CC1C. The lowest BCUT2D eigenvalue weighted by molar-refractivity contribution is -0.137. The number of aryl methyl sites for hydroxylation is 1. The number of para-hydroxylation sites is 2. The van der Waals surface area contributed by atoms with E-state index < -0.39 is 11.2 Å². The first-order chi connectivity index (χ1) is 16.2. The minimum atomic E-state index is -4.56. The quantitative estimate of drug-likeness (QED) is 0.470. The maximum Gasteiger partial charge on any atom is 0.443 e. The fourth-order valence-corrected chi connectivity index (χ4v) is 5.13. The van der Waals surface area contributed by atoms with Gasteiger partial charge in [0.15, 0.2) is 5.82 Å². The molecular formula is C22H22F3N7OS. The minimum Gasteiger partial charge on any atom is -0.358 e. The molecule has 0 saturated carbocycles. The van der Waals surface area contributed by atoms with Crippen molar-refractivity contribution in [1.82, 2.24) is 29.6 Å². The van der Waals surface area contributed by atoms with Gasteiger partial charge < -0.3 is 14.8 Å². The summed E-state index contributed by atoms with van der Waals surface area (Å²) >= 11 is 0.607. The monoisotopic (exact) mass is 489 g/mol. The van der Waals surface area contributed by atoms with Crippen molar-refractivity contribution in [3.63, 3.8) is 0 Å². The third-order valence-electron chi connectivity index (χ3n) is 5.91. The number of hydrogen-bond donors (Lipinski definition) is 1. The van der Waals surface area contributed by atoms with E-state index in [0.29, 0.717) is 47.3 Å². The summed E-state index contributed by atoms with van der Waals surface area (Å²) in [6.07, 6.45) is -2.92. The molecule has 4 heterocycles. The number of H-pyrrole nitrogens is 1. The van der Waals surface area contributed by atoms with Crippen molar-refractivity contribution in [2.45, 2.75) is 32.6 Å². The van der Waals surface area contributed by atoms with Crippen LogP contribution in [0.4, 0.5) is 18.2 Å². The van der Waals surface area contributed by atoms with Crippen molar-refractivity contribution in [3.8, 4) is 11.5 Å². The summed E-state index contributed by atoms with van der Waals surface area (Å²) in [5.41, 5.74) is 2.44. The van der Waals surface area contributed by atoms with E-state index in [1.807, 2.05) is 43.0 Å². The topological polar surface area (TPSA) is 82.9 Å². The van der Waals surface area contributed by atoms with E-state index in [1.54, 1.807) is 21.8 Å². The molecule has 0 aliphatic carbocycles. The summed E-state index contributed by atoms with van der Waals surface area (Å²) in [6.45, 7) is 5.07. The molecule has 8 nitrogen and oxygen atoms in total. The highest BCUT2D eigenvalue weighted by molar-refractivity contribution is 7.16. The summed E-state index contributed by atoms with van der Waals surface area (Å²) in [4.78, 5) is 28.0. The maximum absolute atomic E-state index is 13.6. The average molecular weight is 490 g/mol. The smallest absolute Gasteiger partial charge is 0.358 e. The molecule has 1 aliphatic heterocycles. The van der Waals surface area contributed by atoms with Crippen LogP contribution in [0, 0.1) is 6.92 Å². The van der Waals surface area contributed by atoms with Crippen LogP contribution in [0.3, 0.4) is 0 Å². The summed E-state index contributed by atoms with van der Waals surface area (Å²) < 4.78 is 42.3. The number of thiazole rings is 1. The van der Waals surface area contributed by atoms with Gasteiger partial charge in [0.05, 0.1) is 11.0 Å². The van der Waals surface area contributed by atoms with Gasteiger partial charge in [0, 0.05) is 37.6 Å². The molecule has 3 aromatic heterocycles. The Morgan fingerprint density at radius 3 is 2.68 bits per heavy atom. The van der Waals surface area contributed by atoms with Gasteiger partial charge in [-0.1, -0.05) is 23.5 Å². The Hall–Kier alpha value is -3.41. The first-order valence-corrected chi connectivity index (χ1v) is 11.6. The zero-order chi connectivity index (χ0) is 24.0. The van der Waals surface area contributed by atoms with Crippen LogP contribution in [-0.4, -0.2) is 61.2 Å². The van der Waals surface area contributed by atoms with Crippen LogP contribution in [0.25, 0.3) is 22.6 Å². The molecule has 1 unspecified atom stereocenters. The van der Waals surface area contributed by atoms with Gasteiger partial charge in [-0.05, 0) is 32.0 Å². The number of aromatic nitrogens is 5. The number of nitrogens with one attached hydrogen (secondary N) is 1. The molecule has 1 saturated heterocycles. The largest absolute Gasteiger partial charge is 0.443 e. The van der Waals surface area contributed by atoms with Crippen LogP contribution >= 0.6 is 11.3 Å². The molecule has 12 heteroatoms. The molecule has 4 aromatic rings. The molecule has 1 N–H and O–H groups in total. The van der Waals surface area contributed by atoms with Crippen LogP contribution in [-0.2, 0) is 17.5 Å². The molecule has 1 atom stereocenters. The van der Waals surface area contributed by atoms with Gasteiger partial charge in [-0.2, -0.15) is 18.3 Å². The Labute approximate surface area is 197 Å². The number of imidazole rings is 1. The Kier molecular flexibility index (Phi) is 5.54. The minimum absolute atomic E-state index is 0.0725. The number of anilines is 1. The average Bonchev–Trinajstić information content (AvgIpc) is 3.51. The molecule has 34 heavy (non-hydrogen) atoms. The number of benzene rings is 1. The number of amides is 1. The number of hydrogen-bond acceptors (Lipinski definition) is 6. The highest BCUT2D eigenvalue weighted by Gasteiger charge is 2.39. The van der Waals surface area contributed by atoms with E-state index in [2.05, 4.69) is 20.1 Å². The normalized spacial score (nSPS) is 17.0. The van der Waals surface area contributed by atoms with Crippen LogP contribution in [0.5, 0.6) is 0 Å². The molecule has 0 bridgehead atoms. The molecule has 0 spiro atoms. The zero-order valence-electron chi connectivity index (χ0n) is 18.5. The molecule has 1 fully saturated rings. The van der Waals surface area contributed by atoms with Gasteiger partial charge in [0.25, 0.3) is 0 Å². The van der Waals surface area contributed by atoms with Crippen molar-refractivity contribution in [3.05, 3.63) is 47.2 Å². The maximum atomic E-state index is 13.6. The second kappa shape index (κ2) is 8.42. The van der Waals surface area contributed by atoms with Crippen LogP contribution < -0.4 is 4.90 Å². The molecule has 1 amide bonds. The van der Waals surface area contributed by atoms with Gasteiger partial charge in [-0.15, -0.1) is 0 Å². The first kappa shape index (κ1) is 22.4. The van der Waals surface area contributed by atoms with Crippen molar-refractivity contribution >= 4 is 33.3 Å². The first-order valence-electron chi connectivity index (χ1n) is 10.8. The Balaban J connectivity index is 1.42. The lowest BCUT2D eigenvalue weighted by Crippen LogP contribution is -2.54. The lowest BCUT2D eigenvalue weighted by Gasteiger charge is -2.40. The summed E-state index contributed by atoms with van der Waals surface area (Å²) in [6, 6.07) is 8.89. The number of alkyl halides is 3. The number of halogens is 3. The van der Waals surface area contributed by atoms with E-state index in [1.165, 1.54) is 0 Å². The summed E-state index contributed by atoms with van der Waals surface area (Å²) in [5, 5.41) is 3.64. The molecule has 0 radical (unpaired) electrons. The number of fused-ring (bicyclic) bond motifs is 1. The van der Waals surface area contributed by atoms with E-state index >= 15 is 0 Å². The van der Waals surface area contributed by atoms with E-state index in [0.717, 1.165) is 11.2 Å². The van der Waals surface area contributed by atoms with Crippen molar-refractivity contribution in [1.29, 1.82) is 0 Å². The van der Waals surface area contributed by atoms with E-state index in [4.69, 9.17) is 0 Å². The van der Waals surface area contributed by atoms with E-state index in [-0.39, 0.29) is 24.2 Å². The van der Waals surface area contributed by atoms with Gasteiger partial charge in [-0.25, -0.2) is 9.97 Å². The van der Waals surface area contributed by atoms with Gasteiger partial charge in [0.1, 0.15) is 17.2 Å². The predicted molar refractivity (Wildman–Crippen MR) is 123 cm³/mol. The molecular weight excluding hydrogens is 467 g/mol. The Bertz CT molecular complexity index is 1310. The fraction of sp³-hybridized carbons (Fsp3) is 0.364. The van der Waals surface area contributed by atoms with Crippen LogP contribution in [0.2, 0.25) is 0 Å². The van der Waals surface area contributed by atoms with E-state index in [9.17, 15) is 18.0 Å². The number of nitrogens with zero attached hydrogens (tertiary/aromatic N) is 6. The zero-order valence-corrected chi connectivity index (χ0v) is 19.3. The van der Waals surface area contributed by atoms with Gasteiger partial charge in [0.2, 0.25) is 10.9 Å². The Morgan fingerprint density at radius 2 is 2.00 bits per heavy atom. The molecule has 1 aliphatic rings. The predicted octanol–water partition coefficient (Wildman–Crippen LogP) is 3.95. The fourth-order valence-electron chi connectivity index (χ4n) is 4.16. The molecule has 1 aromatic carbocycles. The Morgan fingerprint density at radius 1 is 1.21 bits per heavy atom. The second-order valence-electron chi connectivity index (χ2n) is 8.29. The number of rotatable bonds is 4. The van der Waals surface area contributed by atoms with Crippen molar-refractivity contribution < 1.29 is 18.0 Å². The number of aromatic amines is 1. The third kappa shape index (κ3) is 4.13. The van der Waals surface area contributed by atoms with Crippen molar-refractivity contribution in [2.24, 2.45) is 0 Å². The number of carbonyl (C=O) groups excluding carboxylic acids is 1. The highest BCUT2D eigenvalue weighted by Crippen LogP contribution is 2.42. The molecule has 178 valence electrons. The second-order valence-corrected chi connectivity index (χ2v) is 9.26. The van der Waals surface area contributed by atoms with Crippen LogP contribution in [0.1, 0.15) is 17.6 Å². The van der Waals surface area contributed by atoms with Crippen LogP contribution in [0.15, 0.2) is 36.5 Å². The third-order valence-corrected chi connectivity index (χ3v) is 7.08. The standard InChI is InChI=1S/C22H22F3N7OS/c1-13-7-8-26-32(13)12-17(33)31-10-9-30(11-14(31)2)20-18(29-21(34-20)22(23,24)25)19-27-15-5-3-4-6-16(15)28-19/h3-8,14H,9-12H2,1-2H3,(H,27,28). The summed E-state index contributed by atoms with van der Waals surface area (Å²) in [5.74, 6) is 0.222. The van der Waals surface area contributed by atoms with Crippen molar-refractivity contribution in [2.75, 3.05) is 24.5 Å². The summed E-state index contributed by atoms with van der Waals surface area (Å²) in [7, 11) is 0. The highest BCUT2D eigenvalue weighted by atomic mass is 32.1.